The quantitative estimate of drug-likeness (QED) is 0.550. The number of nitrogens with zero attached hydrogens (tertiary/aromatic N) is 5. The summed E-state index contributed by atoms with van der Waals surface area (Å²) in [5, 5.41) is 11.4. The molecule has 0 unspecified atom stereocenters. The molecule has 1 N–H and O–H groups in total. The van der Waals surface area contributed by atoms with E-state index in [-0.39, 0.29) is 36.1 Å². The van der Waals surface area contributed by atoms with Crippen LogP contribution in [0.2, 0.25) is 0 Å². The van der Waals surface area contributed by atoms with E-state index in [1.54, 1.807) is 23.4 Å². The van der Waals surface area contributed by atoms with E-state index in [0.29, 0.717) is 36.6 Å². The molecule has 0 atom stereocenters. The van der Waals surface area contributed by atoms with Gasteiger partial charge in [0.1, 0.15) is 6.42 Å². The number of methoxy groups -OCH3 is 1. The topological polar surface area (TPSA) is 123 Å². The number of fused-ring (bicyclic) bond motifs is 1. The predicted molar refractivity (Wildman–Crippen MR) is 122 cm³/mol. The van der Waals surface area contributed by atoms with Crippen molar-refractivity contribution in [2.75, 3.05) is 25.5 Å². The highest BCUT2D eigenvalue weighted by Crippen LogP contribution is 2.24. The van der Waals surface area contributed by atoms with E-state index >= 15 is 0 Å². The number of ether oxygens (including phenoxy) is 1. The van der Waals surface area contributed by atoms with Crippen molar-refractivity contribution < 1.29 is 18.7 Å². The summed E-state index contributed by atoms with van der Waals surface area (Å²) in [4.78, 5) is 34.6. The summed E-state index contributed by atoms with van der Waals surface area (Å²) in [6, 6.07) is 8.69. The molecule has 174 valence electrons. The number of nitrogens with one attached hydrogen (secondary N) is 1. The van der Waals surface area contributed by atoms with Crippen molar-refractivity contribution >= 4 is 17.8 Å². The molecule has 0 saturated carbocycles. The molecule has 0 saturated heterocycles. The third-order valence-electron chi connectivity index (χ3n) is 6.06. The largest absolute Gasteiger partial charge is 0.466 e. The molecule has 1 amide bonds. The van der Waals surface area contributed by atoms with Crippen molar-refractivity contribution in [3.05, 3.63) is 65.3 Å². The van der Waals surface area contributed by atoms with E-state index in [1.807, 2.05) is 0 Å². The van der Waals surface area contributed by atoms with Crippen LogP contribution in [0.4, 0.5) is 5.95 Å². The Kier molecular flexibility index (Phi) is 6.03. The Morgan fingerprint density at radius 2 is 1.88 bits per heavy atom. The third-order valence-corrected chi connectivity index (χ3v) is 6.06. The second kappa shape index (κ2) is 9.42. The fourth-order valence-corrected chi connectivity index (χ4v) is 4.25. The van der Waals surface area contributed by atoms with Gasteiger partial charge >= 0.3 is 5.97 Å². The number of rotatable bonds is 6. The number of carbonyl (C=O) groups excluding carboxylic acids is 2. The van der Waals surface area contributed by atoms with Crippen molar-refractivity contribution in [3.8, 4) is 11.5 Å². The van der Waals surface area contributed by atoms with E-state index < -0.39 is 0 Å². The number of amides is 1. The molecule has 3 heterocycles. The maximum Gasteiger partial charge on any atom is 0.333 e. The van der Waals surface area contributed by atoms with Crippen LogP contribution in [-0.4, -0.2) is 63.2 Å². The van der Waals surface area contributed by atoms with Gasteiger partial charge < -0.3 is 19.4 Å². The molecule has 1 aromatic carbocycles. The fraction of sp³-hybridized carbons (Fsp3) is 0.333. The first-order chi connectivity index (χ1) is 16.6. The fourth-order valence-electron chi connectivity index (χ4n) is 4.25. The summed E-state index contributed by atoms with van der Waals surface area (Å²) in [6.45, 7) is 0.785. The van der Waals surface area contributed by atoms with Gasteiger partial charge in [0, 0.05) is 37.1 Å². The Morgan fingerprint density at radius 1 is 1.15 bits per heavy atom. The summed E-state index contributed by atoms with van der Waals surface area (Å²) in [6.07, 6.45) is 7.29. The minimum atomic E-state index is -0.356. The molecule has 0 spiro atoms. The Bertz CT molecular complexity index is 1210. The first kappa shape index (κ1) is 21.7. The highest BCUT2D eigenvalue weighted by Gasteiger charge is 2.24. The lowest BCUT2D eigenvalue weighted by molar-refractivity contribution is -0.137. The van der Waals surface area contributed by atoms with Gasteiger partial charge in [0.05, 0.1) is 12.7 Å². The van der Waals surface area contributed by atoms with Crippen molar-refractivity contribution in [3.63, 3.8) is 0 Å². The number of carbonyl (C=O) groups is 2. The van der Waals surface area contributed by atoms with Gasteiger partial charge in [-0.25, -0.2) is 14.8 Å². The normalized spacial score (nSPS) is 15.6. The van der Waals surface area contributed by atoms with Crippen LogP contribution in [0.1, 0.15) is 23.4 Å². The number of hydrogen-bond acceptors (Lipinski definition) is 9. The first-order valence-electron chi connectivity index (χ1n) is 11.1. The van der Waals surface area contributed by atoms with Crippen molar-refractivity contribution in [1.29, 1.82) is 0 Å². The Morgan fingerprint density at radius 3 is 2.53 bits per heavy atom. The number of esters is 1. The summed E-state index contributed by atoms with van der Waals surface area (Å²) >= 11 is 0. The van der Waals surface area contributed by atoms with E-state index in [9.17, 15) is 9.59 Å². The summed E-state index contributed by atoms with van der Waals surface area (Å²) < 4.78 is 10.4. The van der Waals surface area contributed by atoms with Gasteiger partial charge in [0.15, 0.2) is 0 Å². The highest BCUT2D eigenvalue weighted by atomic mass is 16.5. The lowest BCUT2D eigenvalue weighted by atomic mass is 10.1. The van der Waals surface area contributed by atoms with E-state index in [0.717, 1.165) is 12.8 Å². The van der Waals surface area contributed by atoms with Gasteiger partial charge in [0.2, 0.25) is 17.7 Å². The molecule has 2 aliphatic rings. The second-order valence-electron chi connectivity index (χ2n) is 8.30. The van der Waals surface area contributed by atoms with E-state index in [4.69, 9.17) is 9.15 Å². The van der Waals surface area contributed by atoms with Crippen LogP contribution in [0.15, 0.2) is 52.7 Å². The van der Waals surface area contributed by atoms with Crippen LogP contribution >= 0.6 is 0 Å². The van der Waals surface area contributed by atoms with Crippen LogP contribution < -0.4 is 5.32 Å². The third kappa shape index (κ3) is 4.66. The van der Waals surface area contributed by atoms with Gasteiger partial charge in [-0.2, -0.15) is 0 Å². The van der Waals surface area contributed by atoms with Crippen LogP contribution in [0.3, 0.4) is 0 Å². The monoisotopic (exact) mass is 460 g/mol. The smallest absolute Gasteiger partial charge is 0.333 e. The molecule has 0 bridgehead atoms. The standard InChI is InChI=1S/C24H24N6O4/c1-33-23(32)15-6-8-30(9-7-15)21(31)12-20-28-29-22(34-20)18-13-25-24(26-14-18)27-19-10-16-4-2-3-5-17(16)11-19/h2-6,13-14,19H,7-12H2,1H3,(H,25,26,27). The molecular weight excluding hydrogens is 436 g/mol. The molecule has 3 aromatic rings. The van der Waals surface area contributed by atoms with Gasteiger partial charge in [0.25, 0.3) is 5.89 Å². The van der Waals surface area contributed by atoms with Gasteiger partial charge in [-0.1, -0.05) is 30.3 Å². The summed E-state index contributed by atoms with van der Waals surface area (Å²) in [7, 11) is 1.34. The van der Waals surface area contributed by atoms with Gasteiger partial charge in [-0.3, -0.25) is 4.79 Å². The van der Waals surface area contributed by atoms with E-state index in [1.165, 1.54) is 18.2 Å². The lowest BCUT2D eigenvalue weighted by Crippen LogP contribution is -2.36. The van der Waals surface area contributed by atoms with Gasteiger partial charge in [-0.15, -0.1) is 10.2 Å². The molecule has 34 heavy (non-hydrogen) atoms. The minimum absolute atomic E-state index is 0.0167. The zero-order valence-corrected chi connectivity index (χ0v) is 18.7. The highest BCUT2D eigenvalue weighted by molar-refractivity contribution is 5.89. The van der Waals surface area contributed by atoms with E-state index in [2.05, 4.69) is 49.7 Å². The Balaban J connectivity index is 1.16. The average molecular weight is 460 g/mol. The number of anilines is 1. The lowest BCUT2D eigenvalue weighted by Gasteiger charge is -2.25. The molecule has 1 aliphatic carbocycles. The van der Waals surface area contributed by atoms with Crippen molar-refractivity contribution in [2.24, 2.45) is 0 Å². The number of aromatic nitrogens is 4. The summed E-state index contributed by atoms with van der Waals surface area (Å²) in [5.74, 6) is 0.512. The molecule has 10 heteroatoms. The first-order valence-corrected chi connectivity index (χ1v) is 11.1. The molecule has 2 aromatic heterocycles. The Labute approximate surface area is 196 Å². The molecule has 0 fully saturated rings. The maximum atomic E-state index is 12.6. The average Bonchev–Trinajstić information content (AvgIpc) is 3.50. The zero-order valence-electron chi connectivity index (χ0n) is 18.7. The maximum absolute atomic E-state index is 12.6. The van der Waals surface area contributed by atoms with Crippen molar-refractivity contribution in [2.45, 2.75) is 31.7 Å². The molecule has 1 aliphatic heterocycles. The molecule has 5 rings (SSSR count). The van der Waals surface area contributed by atoms with Crippen LogP contribution in [-0.2, 0) is 33.6 Å². The van der Waals surface area contributed by atoms with Crippen LogP contribution in [0, 0.1) is 0 Å². The zero-order chi connectivity index (χ0) is 23.5. The van der Waals surface area contributed by atoms with Gasteiger partial charge in [-0.05, 0) is 30.4 Å². The minimum Gasteiger partial charge on any atom is -0.466 e. The Hall–Kier alpha value is -4.08. The summed E-state index contributed by atoms with van der Waals surface area (Å²) in [5.41, 5.74) is 3.88. The molecule has 0 radical (unpaired) electrons. The predicted octanol–water partition coefficient (Wildman–Crippen LogP) is 1.98. The van der Waals surface area contributed by atoms with Crippen molar-refractivity contribution in [1.82, 2.24) is 25.1 Å². The number of benzene rings is 1. The number of hydrogen-bond donors (Lipinski definition) is 1. The second-order valence-corrected chi connectivity index (χ2v) is 8.30. The van der Waals surface area contributed by atoms with Crippen LogP contribution in [0.5, 0.6) is 0 Å². The SMILES string of the molecule is COC(=O)C1=CCN(C(=O)Cc2nnc(-c3cnc(NC4Cc5ccccc5C4)nc3)o2)CC1. The molecular formula is C24H24N6O4. The molecule has 10 nitrogen and oxygen atoms in total. The van der Waals surface area contributed by atoms with Crippen LogP contribution in [0.25, 0.3) is 11.5 Å².